The number of rotatable bonds is 5. The first-order valence-corrected chi connectivity index (χ1v) is 13.3. The maximum atomic E-state index is 13.9. The van der Waals surface area contributed by atoms with Crippen LogP contribution in [0.3, 0.4) is 0 Å². The second kappa shape index (κ2) is 10.6. The zero-order valence-electron chi connectivity index (χ0n) is 21.1. The molecule has 0 aromatic heterocycles. The molecule has 2 fully saturated rings. The lowest BCUT2D eigenvalue weighted by Gasteiger charge is -2.45. The van der Waals surface area contributed by atoms with Crippen molar-refractivity contribution >= 4 is 17.3 Å². The summed E-state index contributed by atoms with van der Waals surface area (Å²) in [5, 5.41) is 0. The fraction of sp³-hybridized carbons (Fsp3) is 0.552. The summed E-state index contributed by atoms with van der Waals surface area (Å²) >= 11 is 0. The maximum absolute atomic E-state index is 13.9. The first-order chi connectivity index (χ1) is 17.0. The third kappa shape index (κ3) is 5.04. The molecule has 2 aromatic rings. The van der Waals surface area contributed by atoms with Gasteiger partial charge in [0.1, 0.15) is 11.6 Å². The van der Waals surface area contributed by atoms with Crippen LogP contribution in [0.4, 0.5) is 15.8 Å². The molecule has 2 aromatic carbocycles. The van der Waals surface area contributed by atoms with Gasteiger partial charge >= 0.3 is 0 Å². The summed E-state index contributed by atoms with van der Waals surface area (Å²) in [5.74, 6) is 1.25. The number of hydrogen-bond donors (Lipinski definition) is 0. The summed E-state index contributed by atoms with van der Waals surface area (Å²) in [5.41, 5.74) is 3.38. The highest BCUT2D eigenvalue weighted by Crippen LogP contribution is 2.40. The average Bonchev–Trinajstić information content (AvgIpc) is 2.89. The quantitative estimate of drug-likeness (QED) is 0.572. The fourth-order valence-electron chi connectivity index (χ4n) is 6.34. The van der Waals surface area contributed by atoms with Crippen molar-refractivity contribution in [2.45, 2.75) is 57.4 Å². The van der Waals surface area contributed by atoms with E-state index >= 15 is 0 Å². The number of fused-ring (bicyclic) bond motifs is 1. The van der Waals surface area contributed by atoms with E-state index in [-0.39, 0.29) is 17.8 Å². The first kappa shape index (κ1) is 24.1. The predicted octanol–water partition coefficient (Wildman–Crippen LogP) is 5.45. The molecule has 2 heterocycles. The number of carbonyl (C=O) groups is 1. The number of para-hydroxylation sites is 1. The topological polar surface area (TPSA) is 36.0 Å². The Morgan fingerprint density at radius 3 is 2.49 bits per heavy atom. The lowest BCUT2D eigenvalue weighted by molar-refractivity contribution is -0.124. The van der Waals surface area contributed by atoms with Gasteiger partial charge in [-0.05, 0) is 48.9 Å². The van der Waals surface area contributed by atoms with Crippen LogP contribution < -0.4 is 14.5 Å². The number of piperazine rings is 1. The highest BCUT2D eigenvalue weighted by molar-refractivity contribution is 5.97. The van der Waals surface area contributed by atoms with Crippen LogP contribution in [0.15, 0.2) is 42.5 Å². The molecule has 3 aliphatic rings. The Labute approximate surface area is 208 Å². The van der Waals surface area contributed by atoms with Gasteiger partial charge in [0.2, 0.25) is 5.91 Å². The van der Waals surface area contributed by atoms with Crippen molar-refractivity contribution in [3.8, 4) is 5.75 Å². The molecule has 0 unspecified atom stereocenters. The van der Waals surface area contributed by atoms with E-state index in [0.29, 0.717) is 17.6 Å². The van der Waals surface area contributed by atoms with E-state index in [1.807, 2.05) is 6.07 Å². The zero-order valence-corrected chi connectivity index (χ0v) is 21.1. The number of ether oxygens (including phenoxy) is 1. The van der Waals surface area contributed by atoms with Crippen molar-refractivity contribution in [3.05, 3.63) is 53.8 Å². The molecule has 2 aliphatic heterocycles. The van der Waals surface area contributed by atoms with Gasteiger partial charge in [-0.2, -0.15) is 0 Å². The summed E-state index contributed by atoms with van der Waals surface area (Å²) < 4.78 is 19.1. The van der Waals surface area contributed by atoms with E-state index in [9.17, 15) is 9.18 Å². The Bertz CT molecular complexity index is 1030. The van der Waals surface area contributed by atoms with Crippen molar-refractivity contribution in [1.29, 1.82) is 0 Å². The van der Waals surface area contributed by atoms with Crippen LogP contribution in [-0.4, -0.2) is 56.7 Å². The van der Waals surface area contributed by atoms with Crippen molar-refractivity contribution in [2.75, 3.05) is 49.6 Å². The van der Waals surface area contributed by atoms with Gasteiger partial charge in [0.05, 0.1) is 18.8 Å². The van der Waals surface area contributed by atoms with Gasteiger partial charge in [-0.1, -0.05) is 44.4 Å². The smallest absolute Gasteiger partial charge is 0.230 e. The second-order valence-electron chi connectivity index (χ2n) is 10.5. The Balaban J connectivity index is 1.31. The van der Waals surface area contributed by atoms with Crippen LogP contribution >= 0.6 is 0 Å². The molecule has 5 rings (SSSR count). The normalized spacial score (nSPS) is 23.7. The molecule has 0 bridgehead atoms. The minimum absolute atomic E-state index is 0.163. The molecule has 1 amide bonds. The SMILES string of the molecule is COc1cc(F)ccc1N1CCN(C[C@H]2C[C@@H](C)c3ccccc3N2C(=O)C2CCCCC2)CC1. The van der Waals surface area contributed by atoms with Gasteiger partial charge in [-0.3, -0.25) is 9.69 Å². The van der Waals surface area contributed by atoms with Crippen molar-refractivity contribution in [3.63, 3.8) is 0 Å². The monoisotopic (exact) mass is 479 g/mol. The van der Waals surface area contributed by atoms with Crippen molar-refractivity contribution in [1.82, 2.24) is 4.90 Å². The van der Waals surface area contributed by atoms with Gasteiger partial charge in [0.25, 0.3) is 0 Å². The Hall–Kier alpha value is -2.60. The molecule has 2 atom stereocenters. The van der Waals surface area contributed by atoms with E-state index in [4.69, 9.17) is 4.74 Å². The van der Waals surface area contributed by atoms with Crippen LogP contribution in [0.5, 0.6) is 5.75 Å². The summed E-state index contributed by atoms with van der Waals surface area (Å²) in [7, 11) is 1.59. The van der Waals surface area contributed by atoms with E-state index in [1.54, 1.807) is 7.11 Å². The third-order valence-electron chi connectivity index (χ3n) is 8.23. The predicted molar refractivity (Wildman–Crippen MR) is 139 cm³/mol. The highest BCUT2D eigenvalue weighted by Gasteiger charge is 2.38. The Kier molecular flexibility index (Phi) is 7.28. The number of amides is 1. The second-order valence-corrected chi connectivity index (χ2v) is 10.5. The van der Waals surface area contributed by atoms with Gasteiger partial charge in [-0.15, -0.1) is 0 Å². The molecule has 6 heteroatoms. The third-order valence-corrected chi connectivity index (χ3v) is 8.23. The van der Waals surface area contributed by atoms with E-state index < -0.39 is 0 Å². The van der Waals surface area contributed by atoms with E-state index in [2.05, 4.69) is 45.9 Å². The van der Waals surface area contributed by atoms with Crippen molar-refractivity contribution in [2.24, 2.45) is 5.92 Å². The molecule has 0 radical (unpaired) electrons. The molecule has 0 spiro atoms. The van der Waals surface area contributed by atoms with E-state index in [1.165, 1.54) is 37.0 Å². The summed E-state index contributed by atoms with van der Waals surface area (Å²) in [6.07, 6.45) is 6.64. The van der Waals surface area contributed by atoms with Gasteiger partial charge in [0, 0.05) is 50.4 Å². The lowest BCUT2D eigenvalue weighted by atomic mass is 9.83. The molecular weight excluding hydrogens is 441 g/mol. The van der Waals surface area contributed by atoms with Crippen molar-refractivity contribution < 1.29 is 13.9 Å². The van der Waals surface area contributed by atoms with Gasteiger partial charge in [0.15, 0.2) is 0 Å². The van der Waals surface area contributed by atoms with Gasteiger partial charge in [-0.25, -0.2) is 4.39 Å². The first-order valence-electron chi connectivity index (χ1n) is 13.3. The molecule has 1 saturated heterocycles. The Morgan fingerprint density at radius 1 is 1.00 bits per heavy atom. The number of methoxy groups -OCH3 is 1. The average molecular weight is 480 g/mol. The minimum Gasteiger partial charge on any atom is -0.494 e. The summed E-state index contributed by atoms with van der Waals surface area (Å²) in [6, 6.07) is 13.5. The van der Waals surface area contributed by atoms with Crippen LogP contribution in [-0.2, 0) is 4.79 Å². The molecule has 35 heavy (non-hydrogen) atoms. The molecule has 5 nitrogen and oxygen atoms in total. The molecule has 1 saturated carbocycles. The zero-order chi connectivity index (χ0) is 24.4. The van der Waals surface area contributed by atoms with Crippen LogP contribution in [0.25, 0.3) is 0 Å². The Morgan fingerprint density at radius 2 is 1.74 bits per heavy atom. The summed E-state index contributed by atoms with van der Waals surface area (Å²) in [6.45, 7) is 6.74. The van der Waals surface area contributed by atoms with Crippen LogP contribution in [0.1, 0.15) is 56.9 Å². The molecule has 188 valence electrons. The number of benzene rings is 2. The minimum atomic E-state index is -0.279. The molecule has 0 N–H and O–H groups in total. The summed E-state index contributed by atoms with van der Waals surface area (Å²) in [4.78, 5) is 20.8. The maximum Gasteiger partial charge on any atom is 0.230 e. The number of nitrogens with zero attached hydrogens (tertiary/aromatic N) is 3. The highest BCUT2D eigenvalue weighted by atomic mass is 19.1. The van der Waals surface area contributed by atoms with Gasteiger partial charge < -0.3 is 14.5 Å². The number of hydrogen-bond acceptors (Lipinski definition) is 4. The lowest BCUT2D eigenvalue weighted by Crippen LogP contribution is -2.55. The molecular formula is C29H38FN3O2. The largest absolute Gasteiger partial charge is 0.494 e. The standard InChI is InChI=1S/C29H38FN3O2/c1-21-18-24(20-31-14-16-32(17-15-31)27-13-12-23(30)19-28(27)35-2)33(26-11-7-6-10-25(21)26)29(34)22-8-4-3-5-9-22/h6-7,10-13,19,21-22,24H,3-5,8-9,14-18,20H2,1-2H3/t21-,24-/m1/s1. The number of anilines is 2. The fourth-order valence-corrected chi connectivity index (χ4v) is 6.34. The number of halogens is 1. The van der Waals surface area contributed by atoms with Crippen LogP contribution in [0.2, 0.25) is 0 Å². The molecule has 1 aliphatic carbocycles. The number of carbonyl (C=O) groups excluding carboxylic acids is 1. The van der Waals surface area contributed by atoms with E-state index in [0.717, 1.165) is 63.4 Å². The van der Waals surface area contributed by atoms with Crippen LogP contribution in [0, 0.1) is 11.7 Å².